The predicted molar refractivity (Wildman–Crippen MR) is 104 cm³/mol. The first-order valence-corrected chi connectivity index (χ1v) is 9.94. The average molecular weight is 404 g/mol. The highest BCUT2D eigenvalue weighted by Crippen LogP contribution is 2.26. The standard InChI is InChI=1S/C21H21ClFN3O2/c22-17-12-16(6-7-18(17)23)26-20(27)13-19(21(26)28)25-10-8-24(9-11-25)14-15-4-2-1-3-5-15/h1-7,12,19H,8-11,13-14H2/p+2/t19-/m0/s1. The minimum atomic E-state index is -0.566. The quantitative estimate of drug-likeness (QED) is 0.711. The van der Waals surface area contributed by atoms with Gasteiger partial charge in [-0.1, -0.05) is 41.9 Å². The van der Waals surface area contributed by atoms with E-state index in [9.17, 15) is 14.0 Å². The Morgan fingerprint density at radius 3 is 2.43 bits per heavy atom. The molecular weight excluding hydrogens is 381 g/mol. The first-order chi connectivity index (χ1) is 13.5. The molecule has 2 heterocycles. The van der Waals surface area contributed by atoms with Gasteiger partial charge in [-0.15, -0.1) is 0 Å². The number of piperazine rings is 1. The van der Waals surface area contributed by atoms with Gasteiger partial charge in [-0.25, -0.2) is 9.29 Å². The molecule has 0 unspecified atom stereocenters. The predicted octanol–water partition coefficient (Wildman–Crippen LogP) is 0.0946. The van der Waals surface area contributed by atoms with Crippen molar-refractivity contribution < 1.29 is 23.8 Å². The first-order valence-electron chi connectivity index (χ1n) is 9.57. The van der Waals surface area contributed by atoms with Crippen molar-refractivity contribution in [3.63, 3.8) is 0 Å². The minimum absolute atomic E-state index is 0.0907. The summed E-state index contributed by atoms with van der Waals surface area (Å²) in [6.45, 7) is 4.61. The zero-order valence-electron chi connectivity index (χ0n) is 15.5. The Morgan fingerprint density at radius 2 is 1.75 bits per heavy atom. The van der Waals surface area contributed by atoms with E-state index < -0.39 is 5.82 Å². The van der Waals surface area contributed by atoms with E-state index in [0.717, 1.165) is 42.5 Å². The number of nitrogens with zero attached hydrogens (tertiary/aromatic N) is 1. The summed E-state index contributed by atoms with van der Waals surface area (Å²) in [6.07, 6.45) is 0.192. The lowest BCUT2D eigenvalue weighted by molar-refractivity contribution is -1.02. The molecule has 0 aromatic heterocycles. The fourth-order valence-electron chi connectivity index (χ4n) is 4.18. The fourth-order valence-corrected chi connectivity index (χ4v) is 4.36. The van der Waals surface area contributed by atoms with Gasteiger partial charge < -0.3 is 9.80 Å². The summed E-state index contributed by atoms with van der Waals surface area (Å²) >= 11 is 5.82. The van der Waals surface area contributed by atoms with Gasteiger partial charge in [-0.05, 0) is 18.2 Å². The fraction of sp³-hybridized carbons (Fsp3) is 0.333. The Labute approximate surface area is 168 Å². The van der Waals surface area contributed by atoms with Crippen LogP contribution in [-0.4, -0.2) is 44.0 Å². The lowest BCUT2D eigenvalue weighted by Gasteiger charge is -2.32. The van der Waals surface area contributed by atoms with Crippen LogP contribution < -0.4 is 14.7 Å². The second-order valence-electron chi connectivity index (χ2n) is 7.49. The number of halogens is 2. The number of imide groups is 1. The van der Waals surface area contributed by atoms with Gasteiger partial charge in [0.25, 0.3) is 5.91 Å². The van der Waals surface area contributed by atoms with E-state index in [1.54, 1.807) is 0 Å². The van der Waals surface area contributed by atoms with Crippen LogP contribution >= 0.6 is 11.6 Å². The number of rotatable bonds is 4. The highest BCUT2D eigenvalue weighted by molar-refractivity contribution is 6.31. The molecule has 4 rings (SSSR count). The van der Waals surface area contributed by atoms with Crippen molar-refractivity contribution >= 4 is 29.1 Å². The molecule has 146 valence electrons. The summed E-state index contributed by atoms with van der Waals surface area (Å²) in [5, 5.41) is -0.0907. The third-order valence-electron chi connectivity index (χ3n) is 5.70. The average Bonchev–Trinajstić information content (AvgIpc) is 3.00. The van der Waals surface area contributed by atoms with Crippen LogP contribution in [0.3, 0.4) is 0 Å². The molecule has 5 nitrogen and oxygen atoms in total. The Hall–Kier alpha value is -2.28. The minimum Gasteiger partial charge on any atom is -0.322 e. The highest BCUT2D eigenvalue weighted by atomic mass is 35.5. The molecular formula is C21H23ClFN3O2+2. The number of anilines is 1. The molecule has 28 heavy (non-hydrogen) atoms. The van der Waals surface area contributed by atoms with Crippen molar-refractivity contribution in [2.75, 3.05) is 31.1 Å². The van der Waals surface area contributed by atoms with Gasteiger partial charge in [0.15, 0.2) is 6.04 Å². The monoisotopic (exact) mass is 403 g/mol. The number of carbonyl (C=O) groups is 2. The Bertz CT molecular complexity index is 884. The van der Waals surface area contributed by atoms with E-state index in [-0.39, 0.29) is 29.3 Å². The smallest absolute Gasteiger partial charge is 0.292 e. The lowest BCUT2D eigenvalue weighted by atomic mass is 10.1. The normalized spacial score (nSPS) is 25.4. The number of hydrogen-bond donors (Lipinski definition) is 2. The molecule has 2 fully saturated rings. The zero-order valence-corrected chi connectivity index (χ0v) is 16.2. The molecule has 2 aromatic carbocycles. The van der Waals surface area contributed by atoms with Gasteiger partial charge in [0.2, 0.25) is 5.91 Å². The van der Waals surface area contributed by atoms with Crippen molar-refractivity contribution in [2.45, 2.75) is 19.0 Å². The van der Waals surface area contributed by atoms with Gasteiger partial charge >= 0.3 is 0 Å². The van der Waals surface area contributed by atoms with E-state index >= 15 is 0 Å². The van der Waals surface area contributed by atoms with Crippen molar-refractivity contribution in [2.24, 2.45) is 0 Å². The molecule has 2 aliphatic heterocycles. The number of hydrogen-bond acceptors (Lipinski definition) is 2. The molecule has 2 saturated heterocycles. The van der Waals surface area contributed by atoms with Crippen LogP contribution in [0.15, 0.2) is 48.5 Å². The molecule has 2 amide bonds. The summed E-state index contributed by atoms with van der Waals surface area (Å²) in [6, 6.07) is 14.0. The molecule has 2 aliphatic rings. The van der Waals surface area contributed by atoms with Gasteiger partial charge in [0, 0.05) is 5.56 Å². The van der Waals surface area contributed by atoms with Crippen molar-refractivity contribution in [1.29, 1.82) is 0 Å². The SMILES string of the molecule is O=C1C[C@H]([NH+]2CC[NH+](Cc3ccccc3)CC2)C(=O)N1c1ccc(F)c(Cl)c1. The number of benzene rings is 2. The van der Waals surface area contributed by atoms with E-state index in [4.69, 9.17) is 11.6 Å². The van der Waals surface area contributed by atoms with Gasteiger partial charge in [0.05, 0.1) is 17.1 Å². The third kappa shape index (κ3) is 3.81. The summed E-state index contributed by atoms with van der Waals surface area (Å²) in [5.74, 6) is -1.03. The van der Waals surface area contributed by atoms with Crippen LogP contribution in [0.4, 0.5) is 10.1 Å². The van der Waals surface area contributed by atoms with Crippen LogP contribution in [0.1, 0.15) is 12.0 Å². The van der Waals surface area contributed by atoms with E-state index in [1.165, 1.54) is 28.7 Å². The largest absolute Gasteiger partial charge is 0.322 e. The van der Waals surface area contributed by atoms with Crippen molar-refractivity contribution in [3.8, 4) is 0 Å². The summed E-state index contributed by atoms with van der Waals surface area (Å²) in [5.41, 5.74) is 1.66. The second-order valence-corrected chi connectivity index (χ2v) is 7.90. The summed E-state index contributed by atoms with van der Waals surface area (Å²) in [7, 11) is 0. The second kappa shape index (κ2) is 7.99. The number of amides is 2. The summed E-state index contributed by atoms with van der Waals surface area (Å²) < 4.78 is 13.4. The van der Waals surface area contributed by atoms with E-state index in [2.05, 4.69) is 24.3 Å². The lowest BCUT2D eigenvalue weighted by Crippen LogP contribution is -3.29. The maximum atomic E-state index is 13.4. The molecule has 0 radical (unpaired) electrons. The van der Waals surface area contributed by atoms with E-state index in [1.807, 2.05) is 6.07 Å². The molecule has 1 atom stereocenters. The Balaban J connectivity index is 1.40. The van der Waals surface area contributed by atoms with Crippen LogP contribution in [0.5, 0.6) is 0 Å². The third-order valence-corrected chi connectivity index (χ3v) is 5.99. The number of nitrogens with one attached hydrogen (secondary N) is 2. The number of quaternary nitrogens is 2. The van der Waals surface area contributed by atoms with E-state index in [0.29, 0.717) is 5.69 Å². The molecule has 0 aliphatic carbocycles. The van der Waals surface area contributed by atoms with Crippen LogP contribution in [0, 0.1) is 5.82 Å². The Kier molecular flexibility index (Phi) is 5.44. The van der Waals surface area contributed by atoms with Gasteiger partial charge in [0.1, 0.15) is 38.5 Å². The van der Waals surface area contributed by atoms with Crippen molar-refractivity contribution in [3.05, 3.63) is 64.9 Å². The Morgan fingerprint density at radius 1 is 1.04 bits per heavy atom. The molecule has 7 heteroatoms. The maximum absolute atomic E-state index is 13.4. The molecule has 2 aromatic rings. The zero-order chi connectivity index (χ0) is 19.7. The number of carbonyl (C=O) groups excluding carboxylic acids is 2. The highest BCUT2D eigenvalue weighted by Gasteiger charge is 2.47. The topological polar surface area (TPSA) is 46.3 Å². The van der Waals surface area contributed by atoms with Crippen LogP contribution in [0.25, 0.3) is 0 Å². The summed E-state index contributed by atoms with van der Waals surface area (Å²) in [4.78, 5) is 29.2. The van der Waals surface area contributed by atoms with Gasteiger partial charge in [-0.3, -0.25) is 9.59 Å². The molecule has 0 bridgehead atoms. The maximum Gasteiger partial charge on any atom is 0.292 e. The first kappa shape index (κ1) is 19.1. The van der Waals surface area contributed by atoms with Gasteiger partial charge in [-0.2, -0.15) is 0 Å². The molecule has 0 spiro atoms. The van der Waals surface area contributed by atoms with Crippen LogP contribution in [0.2, 0.25) is 5.02 Å². The molecule has 2 N–H and O–H groups in total. The van der Waals surface area contributed by atoms with Crippen molar-refractivity contribution in [1.82, 2.24) is 0 Å². The van der Waals surface area contributed by atoms with Crippen LogP contribution in [-0.2, 0) is 16.1 Å². The molecule has 0 saturated carbocycles.